The van der Waals surface area contributed by atoms with Gasteiger partial charge in [0.15, 0.2) is 5.82 Å². The van der Waals surface area contributed by atoms with Crippen LogP contribution < -0.4 is 10.2 Å². The number of carbonyl (C=O) groups is 1. The molecular formula is C20H27N5O3. The molecule has 2 aromatic rings. The van der Waals surface area contributed by atoms with Crippen LogP contribution in [0.1, 0.15) is 6.92 Å². The van der Waals surface area contributed by atoms with Gasteiger partial charge in [0, 0.05) is 51.5 Å². The summed E-state index contributed by atoms with van der Waals surface area (Å²) in [6, 6.07) is 11.9. The van der Waals surface area contributed by atoms with E-state index in [1.54, 1.807) is 12.0 Å². The van der Waals surface area contributed by atoms with Crippen molar-refractivity contribution in [2.75, 3.05) is 63.3 Å². The third-order valence-electron chi connectivity index (χ3n) is 4.49. The molecule has 0 radical (unpaired) electrons. The lowest BCUT2D eigenvalue weighted by atomic mass is 10.2. The molecule has 1 aromatic heterocycles. The van der Waals surface area contributed by atoms with Crippen LogP contribution >= 0.6 is 0 Å². The van der Waals surface area contributed by atoms with Crippen molar-refractivity contribution in [3.05, 3.63) is 36.4 Å². The van der Waals surface area contributed by atoms with Crippen LogP contribution in [0.25, 0.3) is 11.4 Å². The van der Waals surface area contributed by atoms with Crippen LogP contribution in [0.2, 0.25) is 0 Å². The second-order valence-corrected chi connectivity index (χ2v) is 6.39. The number of rotatable bonds is 7. The van der Waals surface area contributed by atoms with Gasteiger partial charge in [0.2, 0.25) is 0 Å². The number of nitrogens with zero attached hydrogens (tertiary/aromatic N) is 4. The summed E-state index contributed by atoms with van der Waals surface area (Å²) in [6.45, 7) is 6.07. The van der Waals surface area contributed by atoms with Gasteiger partial charge in [-0.25, -0.2) is 14.8 Å². The molecule has 1 aliphatic heterocycles. The van der Waals surface area contributed by atoms with Crippen molar-refractivity contribution in [1.82, 2.24) is 14.9 Å². The number of hydrogen-bond donors (Lipinski definition) is 1. The Hall–Kier alpha value is -2.87. The van der Waals surface area contributed by atoms with E-state index in [-0.39, 0.29) is 6.09 Å². The number of hydrogen-bond acceptors (Lipinski definition) is 7. The highest BCUT2D eigenvalue weighted by Crippen LogP contribution is 2.23. The number of benzene rings is 1. The summed E-state index contributed by atoms with van der Waals surface area (Å²) in [5.74, 6) is 2.27. The second kappa shape index (κ2) is 9.89. The van der Waals surface area contributed by atoms with Crippen molar-refractivity contribution in [2.24, 2.45) is 0 Å². The van der Waals surface area contributed by atoms with Crippen LogP contribution in [0, 0.1) is 0 Å². The average Bonchev–Trinajstić information content (AvgIpc) is 2.75. The summed E-state index contributed by atoms with van der Waals surface area (Å²) >= 11 is 0. The molecule has 0 unspecified atom stereocenters. The minimum absolute atomic E-state index is 0.253. The molecule has 1 saturated heterocycles. The van der Waals surface area contributed by atoms with E-state index in [0.717, 1.165) is 17.2 Å². The van der Waals surface area contributed by atoms with Gasteiger partial charge in [-0.1, -0.05) is 30.3 Å². The molecule has 0 bridgehead atoms. The first-order chi connectivity index (χ1) is 13.7. The van der Waals surface area contributed by atoms with Crippen LogP contribution in [0.15, 0.2) is 36.4 Å². The Morgan fingerprint density at radius 2 is 1.89 bits per heavy atom. The Bertz CT molecular complexity index is 764. The van der Waals surface area contributed by atoms with E-state index in [2.05, 4.69) is 15.2 Å². The molecule has 0 atom stereocenters. The molecule has 0 saturated carbocycles. The predicted molar refractivity (Wildman–Crippen MR) is 109 cm³/mol. The maximum atomic E-state index is 11.9. The van der Waals surface area contributed by atoms with Crippen molar-refractivity contribution in [1.29, 1.82) is 0 Å². The number of aromatic nitrogens is 2. The molecule has 3 rings (SSSR count). The van der Waals surface area contributed by atoms with Gasteiger partial charge in [-0.3, -0.25) is 0 Å². The maximum absolute atomic E-state index is 11.9. The number of methoxy groups -OCH3 is 1. The molecule has 1 aliphatic rings. The molecule has 1 aromatic carbocycles. The number of carbonyl (C=O) groups excluding carboxylic acids is 1. The van der Waals surface area contributed by atoms with Crippen LogP contribution in [-0.4, -0.2) is 74.0 Å². The zero-order chi connectivity index (χ0) is 19.8. The fraction of sp³-hybridized carbons (Fsp3) is 0.450. The van der Waals surface area contributed by atoms with Crippen LogP contribution in [0.3, 0.4) is 0 Å². The minimum Gasteiger partial charge on any atom is -0.450 e. The van der Waals surface area contributed by atoms with Crippen LogP contribution in [0.5, 0.6) is 0 Å². The lowest BCUT2D eigenvalue weighted by Gasteiger charge is -2.34. The Morgan fingerprint density at radius 1 is 1.14 bits per heavy atom. The van der Waals surface area contributed by atoms with Crippen molar-refractivity contribution in [3.8, 4) is 11.4 Å². The topological polar surface area (TPSA) is 79.8 Å². The highest BCUT2D eigenvalue weighted by molar-refractivity contribution is 5.68. The van der Waals surface area contributed by atoms with Crippen LogP contribution in [0.4, 0.5) is 16.4 Å². The predicted octanol–water partition coefficient (Wildman–Crippen LogP) is 2.48. The van der Waals surface area contributed by atoms with Gasteiger partial charge in [-0.15, -0.1) is 0 Å². The Morgan fingerprint density at radius 3 is 2.57 bits per heavy atom. The van der Waals surface area contributed by atoms with E-state index in [1.807, 2.05) is 43.3 Å². The fourth-order valence-electron chi connectivity index (χ4n) is 3.02. The normalized spacial score (nSPS) is 14.1. The van der Waals surface area contributed by atoms with Gasteiger partial charge in [0.1, 0.15) is 11.6 Å². The van der Waals surface area contributed by atoms with Crippen molar-refractivity contribution < 1.29 is 14.3 Å². The number of anilines is 2. The van der Waals surface area contributed by atoms with E-state index >= 15 is 0 Å². The van der Waals surface area contributed by atoms with E-state index in [4.69, 9.17) is 14.5 Å². The van der Waals surface area contributed by atoms with Crippen molar-refractivity contribution in [3.63, 3.8) is 0 Å². The molecule has 28 heavy (non-hydrogen) atoms. The average molecular weight is 385 g/mol. The van der Waals surface area contributed by atoms with Crippen LogP contribution in [-0.2, 0) is 9.47 Å². The largest absolute Gasteiger partial charge is 0.450 e. The summed E-state index contributed by atoms with van der Waals surface area (Å²) in [5, 5.41) is 3.29. The summed E-state index contributed by atoms with van der Waals surface area (Å²) in [7, 11) is 1.67. The quantitative estimate of drug-likeness (QED) is 0.734. The highest BCUT2D eigenvalue weighted by Gasteiger charge is 2.23. The van der Waals surface area contributed by atoms with Gasteiger partial charge in [-0.2, -0.15) is 0 Å². The van der Waals surface area contributed by atoms with E-state index in [9.17, 15) is 4.79 Å². The van der Waals surface area contributed by atoms with Gasteiger partial charge in [-0.05, 0) is 6.92 Å². The lowest BCUT2D eigenvalue weighted by Crippen LogP contribution is -2.49. The summed E-state index contributed by atoms with van der Waals surface area (Å²) in [4.78, 5) is 25.2. The minimum atomic E-state index is -0.253. The first kappa shape index (κ1) is 19.9. The van der Waals surface area contributed by atoms with Crippen molar-refractivity contribution >= 4 is 17.7 Å². The zero-order valence-corrected chi connectivity index (χ0v) is 16.4. The van der Waals surface area contributed by atoms with E-state index < -0.39 is 0 Å². The molecule has 1 N–H and O–H groups in total. The molecule has 8 heteroatoms. The SMILES string of the molecule is CCOC(=O)N1CCN(c2cc(NCCOC)nc(-c3ccccc3)n2)CC1. The Labute approximate surface area is 165 Å². The monoisotopic (exact) mass is 385 g/mol. The summed E-state index contributed by atoms with van der Waals surface area (Å²) in [5.41, 5.74) is 0.962. The molecular weight excluding hydrogens is 358 g/mol. The smallest absolute Gasteiger partial charge is 0.409 e. The highest BCUT2D eigenvalue weighted by atomic mass is 16.6. The molecule has 150 valence electrons. The molecule has 2 heterocycles. The third kappa shape index (κ3) is 5.10. The molecule has 8 nitrogen and oxygen atoms in total. The van der Waals surface area contributed by atoms with Crippen molar-refractivity contribution in [2.45, 2.75) is 6.92 Å². The maximum Gasteiger partial charge on any atom is 0.409 e. The fourth-order valence-corrected chi connectivity index (χ4v) is 3.02. The van der Waals surface area contributed by atoms with Gasteiger partial charge in [0.25, 0.3) is 0 Å². The third-order valence-corrected chi connectivity index (χ3v) is 4.49. The first-order valence-electron chi connectivity index (χ1n) is 9.55. The second-order valence-electron chi connectivity index (χ2n) is 6.39. The lowest BCUT2D eigenvalue weighted by molar-refractivity contribution is 0.105. The molecule has 1 amide bonds. The molecule has 0 aliphatic carbocycles. The summed E-state index contributed by atoms with van der Waals surface area (Å²) < 4.78 is 10.2. The Balaban J connectivity index is 1.78. The first-order valence-corrected chi connectivity index (χ1v) is 9.55. The standard InChI is InChI=1S/C20H27N5O3/c1-3-28-20(26)25-12-10-24(11-13-25)18-15-17(21-9-14-27-2)22-19(23-18)16-7-5-4-6-8-16/h4-8,15H,3,9-14H2,1-2H3,(H,21,22,23). The van der Waals surface area contributed by atoms with Gasteiger partial charge >= 0.3 is 6.09 Å². The van der Waals surface area contributed by atoms with E-state index in [1.165, 1.54) is 0 Å². The number of amides is 1. The Kier molecular flexibility index (Phi) is 7.02. The number of ether oxygens (including phenoxy) is 2. The molecule has 1 fully saturated rings. The number of nitrogens with one attached hydrogen (secondary N) is 1. The summed E-state index contributed by atoms with van der Waals surface area (Å²) in [6.07, 6.45) is -0.253. The van der Waals surface area contributed by atoms with E-state index in [0.29, 0.717) is 51.8 Å². The molecule has 0 spiro atoms. The zero-order valence-electron chi connectivity index (χ0n) is 16.4. The number of piperazine rings is 1. The van der Waals surface area contributed by atoms with Gasteiger partial charge < -0.3 is 24.6 Å². The van der Waals surface area contributed by atoms with Gasteiger partial charge in [0.05, 0.1) is 13.2 Å².